The maximum Gasteiger partial charge on any atom is 0.410 e. The molecule has 2 aliphatic heterocycles. The fraction of sp³-hybridized carbons (Fsp3) is 0.435. The summed E-state index contributed by atoms with van der Waals surface area (Å²) in [7, 11) is 0. The highest BCUT2D eigenvalue weighted by Crippen LogP contribution is 2.41. The van der Waals surface area contributed by atoms with Gasteiger partial charge in [-0.2, -0.15) is 4.39 Å². The number of pyridine rings is 1. The summed E-state index contributed by atoms with van der Waals surface area (Å²) in [6.45, 7) is 7.46. The average Bonchev–Trinajstić information content (AvgIpc) is 2.87. The van der Waals surface area contributed by atoms with Gasteiger partial charge >= 0.3 is 6.09 Å². The fourth-order valence-corrected chi connectivity index (χ4v) is 4.30. The molecule has 33 heavy (non-hydrogen) atoms. The van der Waals surface area contributed by atoms with Crippen molar-refractivity contribution in [2.45, 2.75) is 39.3 Å². The second-order valence-corrected chi connectivity index (χ2v) is 9.47. The number of carbonyl (C=O) groups is 2. The van der Waals surface area contributed by atoms with Gasteiger partial charge in [0.25, 0.3) is 5.91 Å². The number of carbonyl (C=O) groups excluding carboxylic acids is 2. The van der Waals surface area contributed by atoms with E-state index >= 15 is 4.39 Å². The minimum Gasteiger partial charge on any atom is -0.489 e. The number of aryl methyl sites for hydroxylation is 1. The van der Waals surface area contributed by atoms with Crippen LogP contribution < -0.4 is 4.74 Å². The van der Waals surface area contributed by atoms with Crippen molar-refractivity contribution in [2.24, 2.45) is 0 Å². The number of fused-ring (bicyclic) bond motifs is 2. The molecule has 1 saturated heterocycles. The van der Waals surface area contributed by atoms with Crippen LogP contribution in [0.4, 0.5) is 13.6 Å². The largest absolute Gasteiger partial charge is 0.489 e. The molecule has 4 rings (SSSR count). The van der Waals surface area contributed by atoms with E-state index in [1.807, 2.05) is 0 Å². The first-order valence-corrected chi connectivity index (χ1v) is 10.9. The number of amides is 2. The van der Waals surface area contributed by atoms with Crippen LogP contribution in [-0.2, 0) is 4.74 Å². The van der Waals surface area contributed by atoms with Crippen molar-refractivity contribution in [1.29, 1.82) is 0 Å². The topological polar surface area (TPSA) is 72.0 Å². The average molecular weight is 480 g/mol. The van der Waals surface area contributed by atoms with E-state index in [1.54, 1.807) is 33.8 Å². The number of hydrogen-bond donors (Lipinski definition) is 0. The predicted molar refractivity (Wildman–Crippen MR) is 117 cm³/mol. The van der Waals surface area contributed by atoms with Crippen LogP contribution in [0.5, 0.6) is 5.75 Å². The number of aromatic nitrogens is 1. The van der Waals surface area contributed by atoms with E-state index in [0.29, 0.717) is 5.56 Å². The second-order valence-electron chi connectivity index (χ2n) is 9.09. The number of benzene rings is 1. The highest BCUT2D eigenvalue weighted by molar-refractivity contribution is 6.35. The van der Waals surface area contributed by atoms with Gasteiger partial charge in [-0.05, 0) is 39.3 Å². The van der Waals surface area contributed by atoms with Gasteiger partial charge in [0.15, 0.2) is 5.75 Å². The van der Waals surface area contributed by atoms with Crippen LogP contribution >= 0.6 is 11.6 Å². The Hall–Kier alpha value is -2.94. The van der Waals surface area contributed by atoms with Crippen LogP contribution in [0.1, 0.15) is 36.7 Å². The van der Waals surface area contributed by atoms with Gasteiger partial charge in [0.2, 0.25) is 5.95 Å². The first-order chi connectivity index (χ1) is 15.5. The molecule has 1 aromatic heterocycles. The Morgan fingerprint density at radius 2 is 1.97 bits per heavy atom. The Labute approximate surface area is 195 Å². The van der Waals surface area contributed by atoms with E-state index < -0.39 is 41.0 Å². The van der Waals surface area contributed by atoms with Crippen LogP contribution in [0.15, 0.2) is 18.2 Å². The maximum absolute atomic E-state index is 15.1. The molecule has 0 N–H and O–H groups in total. The number of rotatable bonds is 1. The van der Waals surface area contributed by atoms with Crippen molar-refractivity contribution in [2.75, 3.05) is 26.2 Å². The molecule has 1 aromatic carbocycles. The zero-order valence-electron chi connectivity index (χ0n) is 18.7. The molecule has 7 nitrogen and oxygen atoms in total. The summed E-state index contributed by atoms with van der Waals surface area (Å²) in [5.41, 5.74) is -0.644. The van der Waals surface area contributed by atoms with E-state index in [0.717, 1.165) is 0 Å². The Morgan fingerprint density at radius 1 is 1.24 bits per heavy atom. The number of ether oxygens (including phenoxy) is 2. The zero-order valence-corrected chi connectivity index (χ0v) is 19.5. The molecule has 176 valence electrons. The molecule has 0 saturated carbocycles. The van der Waals surface area contributed by atoms with Crippen LogP contribution in [0.25, 0.3) is 11.3 Å². The maximum atomic E-state index is 15.1. The second kappa shape index (κ2) is 8.44. The molecule has 2 aliphatic rings. The Morgan fingerprint density at radius 3 is 2.64 bits per heavy atom. The van der Waals surface area contributed by atoms with Crippen molar-refractivity contribution in [1.82, 2.24) is 14.8 Å². The molecule has 0 bridgehead atoms. The Bertz CT molecular complexity index is 1120. The van der Waals surface area contributed by atoms with Crippen LogP contribution in [0, 0.1) is 18.7 Å². The molecule has 1 atom stereocenters. The minimum atomic E-state index is -1.09. The van der Waals surface area contributed by atoms with Crippen molar-refractivity contribution in [3.05, 3.63) is 46.1 Å². The molecule has 10 heteroatoms. The zero-order chi connectivity index (χ0) is 24.1. The van der Waals surface area contributed by atoms with Gasteiger partial charge in [-0.3, -0.25) is 4.79 Å². The summed E-state index contributed by atoms with van der Waals surface area (Å²) in [5, 5.41) is -0.142. The number of halogens is 3. The van der Waals surface area contributed by atoms with Gasteiger partial charge in [-0.1, -0.05) is 23.7 Å². The lowest BCUT2D eigenvalue weighted by Gasteiger charge is -2.40. The van der Waals surface area contributed by atoms with Crippen molar-refractivity contribution >= 4 is 23.6 Å². The summed E-state index contributed by atoms with van der Waals surface area (Å²) in [4.78, 5) is 32.5. The highest BCUT2D eigenvalue weighted by Gasteiger charge is 2.41. The van der Waals surface area contributed by atoms with Gasteiger partial charge in [0, 0.05) is 25.2 Å². The summed E-state index contributed by atoms with van der Waals surface area (Å²) >= 11 is 6.49. The van der Waals surface area contributed by atoms with Crippen molar-refractivity contribution in [3.8, 4) is 17.0 Å². The fourth-order valence-electron chi connectivity index (χ4n) is 4.01. The molecular formula is C23H24ClF2N3O4. The number of hydrogen-bond acceptors (Lipinski definition) is 5. The lowest BCUT2D eigenvalue weighted by molar-refractivity contribution is 0.000892. The third-order valence-corrected chi connectivity index (χ3v) is 5.89. The third kappa shape index (κ3) is 4.34. The van der Waals surface area contributed by atoms with E-state index in [-0.39, 0.29) is 48.3 Å². The predicted octanol–water partition coefficient (Wildman–Crippen LogP) is 4.44. The summed E-state index contributed by atoms with van der Waals surface area (Å²) in [6.07, 6.45) is -0.500. The summed E-state index contributed by atoms with van der Waals surface area (Å²) in [6, 6.07) is 3.86. The summed E-state index contributed by atoms with van der Waals surface area (Å²) in [5.74, 6) is -2.52. The molecule has 0 aliphatic carbocycles. The molecule has 0 radical (unpaired) electrons. The van der Waals surface area contributed by atoms with Crippen LogP contribution in [-0.4, -0.2) is 64.7 Å². The standard InChI is InChI=1S/C23H24ClF2N3O4/c1-12-6-5-7-14(25)15(12)18-17(24)19-16(20(26)27-18)21(30)29-9-8-28(10-13(29)11-32-19)22(31)33-23(2,3)4/h5-7,13H,8-11H2,1-4H3/t13-/m1/s1. The first-order valence-electron chi connectivity index (χ1n) is 10.5. The monoisotopic (exact) mass is 479 g/mol. The van der Waals surface area contributed by atoms with Crippen LogP contribution in [0.3, 0.4) is 0 Å². The van der Waals surface area contributed by atoms with E-state index in [4.69, 9.17) is 21.1 Å². The van der Waals surface area contributed by atoms with Crippen molar-refractivity contribution < 1.29 is 27.8 Å². The van der Waals surface area contributed by atoms with Gasteiger partial charge in [0.1, 0.15) is 28.6 Å². The summed E-state index contributed by atoms with van der Waals surface area (Å²) < 4.78 is 40.9. The molecule has 1 fully saturated rings. The van der Waals surface area contributed by atoms with Crippen LogP contribution in [0.2, 0.25) is 5.02 Å². The lowest BCUT2D eigenvalue weighted by atomic mass is 10.0. The molecule has 0 unspecified atom stereocenters. The minimum absolute atomic E-state index is 0.0308. The SMILES string of the molecule is Cc1cccc(F)c1-c1nc(F)c2c(c1Cl)OC[C@H]1CN(C(=O)OC(C)(C)C)CCN1C2=O. The van der Waals surface area contributed by atoms with Crippen molar-refractivity contribution in [3.63, 3.8) is 0 Å². The normalized spacial score (nSPS) is 18.3. The van der Waals surface area contributed by atoms with Gasteiger partial charge in [-0.25, -0.2) is 14.2 Å². The number of nitrogens with zero attached hydrogens (tertiary/aromatic N) is 3. The Balaban J connectivity index is 1.68. The first kappa shape index (κ1) is 23.2. The third-order valence-electron chi connectivity index (χ3n) is 5.54. The Kier molecular flexibility index (Phi) is 5.94. The van der Waals surface area contributed by atoms with Gasteiger partial charge < -0.3 is 19.3 Å². The molecule has 2 amide bonds. The molecule has 3 heterocycles. The molecule has 2 aromatic rings. The number of piperazine rings is 1. The smallest absolute Gasteiger partial charge is 0.410 e. The molecule has 0 spiro atoms. The molecular weight excluding hydrogens is 456 g/mol. The highest BCUT2D eigenvalue weighted by atomic mass is 35.5. The van der Waals surface area contributed by atoms with E-state index in [2.05, 4.69) is 4.98 Å². The van der Waals surface area contributed by atoms with Gasteiger partial charge in [0.05, 0.1) is 11.7 Å². The quantitative estimate of drug-likeness (QED) is 0.565. The lowest BCUT2D eigenvalue weighted by Crippen LogP contribution is -2.58. The van der Waals surface area contributed by atoms with Gasteiger partial charge in [-0.15, -0.1) is 0 Å². The van der Waals surface area contributed by atoms with E-state index in [1.165, 1.54) is 21.9 Å². The van der Waals surface area contributed by atoms with E-state index in [9.17, 15) is 14.0 Å².